The first kappa shape index (κ1) is 11.7. The predicted octanol–water partition coefficient (Wildman–Crippen LogP) is 2.16. The van der Waals surface area contributed by atoms with Gasteiger partial charge in [-0.05, 0) is 19.3 Å². The third-order valence-corrected chi connectivity index (χ3v) is 4.98. The lowest BCUT2D eigenvalue weighted by atomic mass is 10.0. The Labute approximate surface area is 97.2 Å². The van der Waals surface area contributed by atoms with Crippen LogP contribution >= 0.6 is 11.8 Å². The quantitative estimate of drug-likeness (QED) is 0.712. The van der Waals surface area contributed by atoms with Gasteiger partial charge in [-0.15, -0.1) is 0 Å². The number of rotatable bonds is 2. The lowest BCUT2D eigenvalue weighted by Crippen LogP contribution is -2.45. The molecule has 4 unspecified atom stereocenters. The minimum Gasteiger partial charge on any atom is -0.392 e. The molecule has 88 valence electrons. The van der Waals surface area contributed by atoms with E-state index in [-0.39, 0.29) is 6.10 Å². The van der Waals surface area contributed by atoms with Crippen LogP contribution in [0.4, 0.5) is 0 Å². The van der Waals surface area contributed by atoms with E-state index >= 15 is 0 Å². The van der Waals surface area contributed by atoms with Gasteiger partial charge in [0.2, 0.25) is 0 Å². The van der Waals surface area contributed by atoms with Crippen molar-refractivity contribution in [3.05, 3.63) is 0 Å². The Balaban J connectivity index is 1.81. The molecule has 2 rings (SSSR count). The Morgan fingerprint density at radius 1 is 1.20 bits per heavy atom. The smallest absolute Gasteiger partial charge is 0.0693 e. The molecule has 0 spiro atoms. The SMILES string of the molecule is CC1CC(NC2CCCCCC2O)CS1. The van der Waals surface area contributed by atoms with Crippen molar-refractivity contribution >= 4 is 11.8 Å². The summed E-state index contributed by atoms with van der Waals surface area (Å²) in [4.78, 5) is 0. The summed E-state index contributed by atoms with van der Waals surface area (Å²) in [5.74, 6) is 1.23. The summed E-state index contributed by atoms with van der Waals surface area (Å²) < 4.78 is 0. The Kier molecular flexibility index (Phi) is 4.35. The molecule has 0 radical (unpaired) electrons. The summed E-state index contributed by atoms with van der Waals surface area (Å²) in [5.41, 5.74) is 0. The van der Waals surface area contributed by atoms with Crippen molar-refractivity contribution in [2.75, 3.05) is 5.75 Å². The molecule has 2 aliphatic rings. The molecule has 1 heterocycles. The van der Waals surface area contributed by atoms with Gasteiger partial charge < -0.3 is 10.4 Å². The fourth-order valence-corrected chi connectivity index (χ4v) is 3.88. The van der Waals surface area contributed by atoms with Crippen molar-refractivity contribution in [2.24, 2.45) is 0 Å². The summed E-state index contributed by atoms with van der Waals surface area (Å²) in [6.45, 7) is 2.30. The summed E-state index contributed by atoms with van der Waals surface area (Å²) in [7, 11) is 0. The number of nitrogens with one attached hydrogen (secondary N) is 1. The Hall–Kier alpha value is 0.270. The molecule has 0 amide bonds. The zero-order chi connectivity index (χ0) is 10.7. The van der Waals surface area contributed by atoms with Crippen molar-refractivity contribution in [2.45, 2.75) is 68.9 Å². The van der Waals surface area contributed by atoms with Gasteiger partial charge >= 0.3 is 0 Å². The Morgan fingerprint density at radius 2 is 2.00 bits per heavy atom. The first-order valence-corrected chi connectivity index (χ1v) is 7.36. The van der Waals surface area contributed by atoms with Gasteiger partial charge in [-0.1, -0.05) is 26.2 Å². The maximum absolute atomic E-state index is 10.0. The van der Waals surface area contributed by atoms with Crippen molar-refractivity contribution < 1.29 is 5.11 Å². The van der Waals surface area contributed by atoms with Gasteiger partial charge in [-0.3, -0.25) is 0 Å². The second kappa shape index (κ2) is 5.55. The molecule has 0 aromatic rings. The average molecular weight is 229 g/mol. The lowest BCUT2D eigenvalue weighted by Gasteiger charge is -2.25. The van der Waals surface area contributed by atoms with Crippen LogP contribution in [0.2, 0.25) is 0 Å². The van der Waals surface area contributed by atoms with E-state index in [1.54, 1.807) is 0 Å². The zero-order valence-electron chi connectivity index (χ0n) is 9.61. The monoisotopic (exact) mass is 229 g/mol. The largest absolute Gasteiger partial charge is 0.392 e. The van der Waals surface area contributed by atoms with Crippen LogP contribution in [-0.4, -0.2) is 34.3 Å². The third-order valence-electron chi connectivity index (χ3n) is 3.63. The molecule has 3 heteroatoms. The highest BCUT2D eigenvalue weighted by Gasteiger charge is 2.28. The van der Waals surface area contributed by atoms with Crippen molar-refractivity contribution in [1.29, 1.82) is 0 Å². The van der Waals surface area contributed by atoms with Crippen molar-refractivity contribution in [3.8, 4) is 0 Å². The van der Waals surface area contributed by atoms with Crippen molar-refractivity contribution in [1.82, 2.24) is 5.32 Å². The van der Waals surface area contributed by atoms with Crippen LogP contribution in [0.1, 0.15) is 45.4 Å². The Bertz CT molecular complexity index is 200. The molecule has 2 N–H and O–H groups in total. The second-order valence-corrected chi connectivity index (χ2v) is 6.53. The highest BCUT2D eigenvalue weighted by molar-refractivity contribution is 8.00. The van der Waals surface area contributed by atoms with E-state index in [1.165, 1.54) is 31.4 Å². The highest BCUT2D eigenvalue weighted by Crippen LogP contribution is 2.27. The molecule has 2 fully saturated rings. The van der Waals surface area contributed by atoms with Crippen LogP contribution in [0.15, 0.2) is 0 Å². The molecule has 0 aromatic carbocycles. The first-order chi connectivity index (χ1) is 7.25. The second-order valence-electron chi connectivity index (χ2n) is 5.06. The molecule has 1 aliphatic carbocycles. The number of thioether (sulfide) groups is 1. The standard InChI is InChI=1S/C12H23NOS/c1-9-7-10(8-15-9)13-11-5-3-2-4-6-12(11)14/h9-14H,2-8H2,1H3. The molecule has 1 saturated carbocycles. The van der Waals surface area contributed by atoms with E-state index < -0.39 is 0 Å². The summed E-state index contributed by atoms with van der Waals surface area (Å²) in [5, 5.41) is 14.5. The van der Waals surface area contributed by atoms with Crippen LogP contribution in [0.25, 0.3) is 0 Å². The molecule has 0 bridgehead atoms. The number of aliphatic hydroxyl groups excluding tert-OH is 1. The van der Waals surface area contributed by atoms with E-state index in [0.717, 1.165) is 18.1 Å². The lowest BCUT2D eigenvalue weighted by molar-refractivity contribution is 0.115. The topological polar surface area (TPSA) is 32.3 Å². The fraction of sp³-hybridized carbons (Fsp3) is 1.00. The fourth-order valence-electron chi connectivity index (χ4n) is 2.72. The number of aliphatic hydroxyl groups is 1. The molecule has 1 aliphatic heterocycles. The third kappa shape index (κ3) is 3.36. The number of hydrogen-bond acceptors (Lipinski definition) is 3. The van der Waals surface area contributed by atoms with Crippen molar-refractivity contribution in [3.63, 3.8) is 0 Å². The average Bonchev–Trinajstić information content (AvgIpc) is 2.50. The van der Waals surface area contributed by atoms with Crippen LogP contribution in [0.3, 0.4) is 0 Å². The van der Waals surface area contributed by atoms with Crippen LogP contribution in [-0.2, 0) is 0 Å². The van der Waals surface area contributed by atoms with Gasteiger partial charge in [0.25, 0.3) is 0 Å². The van der Waals surface area contributed by atoms with Gasteiger partial charge in [0.05, 0.1) is 6.10 Å². The maximum Gasteiger partial charge on any atom is 0.0693 e. The van der Waals surface area contributed by atoms with Gasteiger partial charge in [0, 0.05) is 23.1 Å². The summed E-state index contributed by atoms with van der Waals surface area (Å²) in [6, 6.07) is 1.01. The minimum atomic E-state index is -0.103. The molecular weight excluding hydrogens is 206 g/mol. The predicted molar refractivity (Wildman–Crippen MR) is 66.3 cm³/mol. The Morgan fingerprint density at radius 3 is 2.73 bits per heavy atom. The van der Waals surface area contributed by atoms with Crippen LogP contribution in [0, 0.1) is 0 Å². The molecule has 2 nitrogen and oxygen atoms in total. The highest BCUT2D eigenvalue weighted by atomic mass is 32.2. The molecule has 1 saturated heterocycles. The van der Waals surface area contributed by atoms with E-state index in [2.05, 4.69) is 24.0 Å². The molecule has 15 heavy (non-hydrogen) atoms. The first-order valence-electron chi connectivity index (χ1n) is 6.31. The van der Waals surface area contributed by atoms with Gasteiger partial charge in [0.15, 0.2) is 0 Å². The summed E-state index contributed by atoms with van der Waals surface area (Å²) >= 11 is 2.06. The van der Waals surface area contributed by atoms with E-state index in [9.17, 15) is 5.11 Å². The summed E-state index contributed by atoms with van der Waals surface area (Å²) in [6.07, 6.45) is 7.11. The van der Waals surface area contributed by atoms with Gasteiger partial charge in [0.1, 0.15) is 0 Å². The zero-order valence-corrected chi connectivity index (χ0v) is 10.4. The van der Waals surface area contributed by atoms with E-state index in [1.807, 2.05) is 0 Å². The van der Waals surface area contributed by atoms with E-state index in [4.69, 9.17) is 0 Å². The molecule has 0 aromatic heterocycles. The van der Waals surface area contributed by atoms with E-state index in [0.29, 0.717) is 12.1 Å². The normalized spacial score (nSPS) is 42.8. The van der Waals surface area contributed by atoms with Gasteiger partial charge in [-0.25, -0.2) is 0 Å². The van der Waals surface area contributed by atoms with Crippen LogP contribution < -0.4 is 5.32 Å². The number of hydrogen-bond donors (Lipinski definition) is 2. The van der Waals surface area contributed by atoms with Crippen LogP contribution in [0.5, 0.6) is 0 Å². The molecule has 4 atom stereocenters. The molecular formula is C12H23NOS. The van der Waals surface area contributed by atoms with Gasteiger partial charge in [-0.2, -0.15) is 11.8 Å². The maximum atomic E-state index is 10.0. The minimum absolute atomic E-state index is 0.103.